The standard InChI is InChI=1S/C15H18ClNO/c1-8-7-12(16)5-6-13(8)15(18)14-10(3)9(2)11(4)17-14/h5-7,15,17-18H,1-4H3. The van der Waals surface area contributed by atoms with E-state index >= 15 is 0 Å². The van der Waals surface area contributed by atoms with Gasteiger partial charge in [0.1, 0.15) is 6.10 Å². The molecule has 2 aromatic rings. The number of aromatic amines is 1. The number of aromatic nitrogens is 1. The highest BCUT2D eigenvalue weighted by Crippen LogP contribution is 2.30. The van der Waals surface area contributed by atoms with Crippen LogP contribution in [-0.2, 0) is 0 Å². The number of benzene rings is 1. The van der Waals surface area contributed by atoms with Crippen LogP contribution in [0, 0.1) is 27.7 Å². The summed E-state index contributed by atoms with van der Waals surface area (Å²) in [5.41, 5.74) is 6.19. The molecule has 3 heteroatoms. The lowest BCUT2D eigenvalue weighted by Crippen LogP contribution is -2.04. The molecular formula is C15H18ClNO. The van der Waals surface area contributed by atoms with Crippen molar-refractivity contribution in [2.24, 2.45) is 0 Å². The molecule has 2 rings (SSSR count). The smallest absolute Gasteiger partial charge is 0.119 e. The van der Waals surface area contributed by atoms with Gasteiger partial charge in [-0.05, 0) is 62.1 Å². The van der Waals surface area contributed by atoms with Crippen molar-refractivity contribution in [3.63, 3.8) is 0 Å². The Balaban J connectivity index is 2.47. The molecule has 2 N–H and O–H groups in total. The molecule has 0 aliphatic carbocycles. The highest BCUT2D eigenvalue weighted by molar-refractivity contribution is 6.30. The lowest BCUT2D eigenvalue weighted by Gasteiger charge is -2.14. The lowest BCUT2D eigenvalue weighted by atomic mass is 9.98. The maximum atomic E-state index is 10.5. The Hall–Kier alpha value is -1.25. The predicted octanol–water partition coefficient (Wildman–Crippen LogP) is 3.98. The first kappa shape index (κ1) is 13.2. The lowest BCUT2D eigenvalue weighted by molar-refractivity contribution is 0.214. The van der Waals surface area contributed by atoms with Crippen LogP contribution < -0.4 is 0 Å². The summed E-state index contributed by atoms with van der Waals surface area (Å²) in [5, 5.41) is 11.2. The van der Waals surface area contributed by atoms with Crippen LogP contribution >= 0.6 is 11.6 Å². The fourth-order valence-corrected chi connectivity index (χ4v) is 2.47. The first-order valence-electron chi connectivity index (χ1n) is 6.01. The maximum absolute atomic E-state index is 10.5. The summed E-state index contributed by atoms with van der Waals surface area (Å²) in [6.07, 6.45) is -0.630. The van der Waals surface area contributed by atoms with Gasteiger partial charge in [-0.1, -0.05) is 17.7 Å². The second-order valence-corrected chi connectivity index (χ2v) is 5.25. The summed E-state index contributed by atoms with van der Waals surface area (Å²) in [6.45, 7) is 8.07. The van der Waals surface area contributed by atoms with Gasteiger partial charge in [-0.2, -0.15) is 0 Å². The third-order valence-electron chi connectivity index (χ3n) is 3.65. The molecule has 0 spiro atoms. The molecular weight excluding hydrogens is 246 g/mol. The van der Waals surface area contributed by atoms with Crippen LogP contribution in [0.2, 0.25) is 5.02 Å². The molecule has 0 radical (unpaired) electrons. The number of aryl methyl sites for hydroxylation is 2. The predicted molar refractivity (Wildman–Crippen MR) is 75.3 cm³/mol. The monoisotopic (exact) mass is 263 g/mol. The molecule has 1 heterocycles. The summed E-state index contributed by atoms with van der Waals surface area (Å²) in [6, 6.07) is 5.57. The molecule has 1 atom stereocenters. The fraction of sp³-hybridized carbons (Fsp3) is 0.333. The van der Waals surface area contributed by atoms with E-state index in [1.165, 1.54) is 5.56 Å². The van der Waals surface area contributed by atoms with Gasteiger partial charge in [0.15, 0.2) is 0 Å². The number of rotatable bonds is 2. The number of aliphatic hydroxyl groups is 1. The van der Waals surface area contributed by atoms with E-state index in [2.05, 4.69) is 11.9 Å². The quantitative estimate of drug-likeness (QED) is 0.845. The number of hydrogen-bond acceptors (Lipinski definition) is 1. The normalized spacial score (nSPS) is 12.8. The number of hydrogen-bond donors (Lipinski definition) is 2. The summed E-state index contributed by atoms with van der Waals surface area (Å²) in [4.78, 5) is 3.27. The Morgan fingerprint density at radius 1 is 1.11 bits per heavy atom. The van der Waals surface area contributed by atoms with Gasteiger partial charge in [-0.15, -0.1) is 0 Å². The minimum absolute atomic E-state index is 0.630. The zero-order valence-corrected chi connectivity index (χ0v) is 11.9. The molecule has 1 unspecified atom stereocenters. The first-order chi connectivity index (χ1) is 8.41. The molecule has 0 amide bonds. The van der Waals surface area contributed by atoms with Crippen LogP contribution in [0.5, 0.6) is 0 Å². The maximum Gasteiger partial charge on any atom is 0.119 e. The number of halogens is 1. The largest absolute Gasteiger partial charge is 0.382 e. The van der Waals surface area contributed by atoms with Gasteiger partial charge >= 0.3 is 0 Å². The van der Waals surface area contributed by atoms with Crippen molar-refractivity contribution >= 4 is 11.6 Å². The Bertz CT molecular complexity index is 586. The summed E-state index contributed by atoms with van der Waals surface area (Å²) in [7, 11) is 0. The van der Waals surface area contributed by atoms with Crippen LogP contribution in [0.3, 0.4) is 0 Å². The van der Waals surface area contributed by atoms with E-state index in [4.69, 9.17) is 11.6 Å². The fourth-order valence-electron chi connectivity index (χ4n) is 2.25. The van der Waals surface area contributed by atoms with Crippen molar-refractivity contribution < 1.29 is 5.11 Å². The average molecular weight is 264 g/mol. The molecule has 0 fully saturated rings. The number of nitrogens with one attached hydrogen (secondary N) is 1. The SMILES string of the molecule is Cc1cc(Cl)ccc1C(O)c1[nH]c(C)c(C)c1C. The van der Waals surface area contributed by atoms with Crippen molar-refractivity contribution in [1.82, 2.24) is 4.98 Å². The van der Waals surface area contributed by atoms with Gasteiger partial charge in [0, 0.05) is 10.7 Å². The summed E-state index contributed by atoms with van der Waals surface area (Å²) < 4.78 is 0. The molecule has 1 aromatic carbocycles. The molecule has 0 saturated carbocycles. The van der Waals surface area contributed by atoms with Gasteiger partial charge in [-0.3, -0.25) is 0 Å². The summed E-state index contributed by atoms with van der Waals surface area (Å²) in [5.74, 6) is 0. The van der Waals surface area contributed by atoms with E-state index in [0.717, 1.165) is 28.1 Å². The van der Waals surface area contributed by atoms with E-state index in [-0.39, 0.29) is 0 Å². The first-order valence-corrected chi connectivity index (χ1v) is 6.39. The van der Waals surface area contributed by atoms with E-state index < -0.39 is 6.10 Å². The van der Waals surface area contributed by atoms with Crippen molar-refractivity contribution in [1.29, 1.82) is 0 Å². The molecule has 2 nitrogen and oxygen atoms in total. The van der Waals surface area contributed by atoms with Crippen LogP contribution in [0.15, 0.2) is 18.2 Å². The van der Waals surface area contributed by atoms with E-state index in [1.54, 1.807) is 0 Å². The van der Waals surface area contributed by atoms with Crippen molar-refractivity contribution in [3.8, 4) is 0 Å². The van der Waals surface area contributed by atoms with E-state index in [0.29, 0.717) is 5.02 Å². The molecule has 18 heavy (non-hydrogen) atoms. The van der Waals surface area contributed by atoms with Gasteiger partial charge in [-0.25, -0.2) is 0 Å². The topological polar surface area (TPSA) is 36.0 Å². The van der Waals surface area contributed by atoms with Crippen LogP contribution in [0.25, 0.3) is 0 Å². The Morgan fingerprint density at radius 3 is 2.28 bits per heavy atom. The third-order valence-corrected chi connectivity index (χ3v) is 3.89. The number of H-pyrrole nitrogens is 1. The van der Waals surface area contributed by atoms with E-state index in [1.807, 2.05) is 39.0 Å². The van der Waals surface area contributed by atoms with E-state index in [9.17, 15) is 5.11 Å². The Kier molecular flexibility index (Phi) is 3.51. The molecule has 0 aliphatic heterocycles. The minimum atomic E-state index is -0.630. The second-order valence-electron chi connectivity index (χ2n) is 4.82. The Labute approximate surface area is 113 Å². The zero-order chi connectivity index (χ0) is 13.4. The minimum Gasteiger partial charge on any atom is -0.382 e. The van der Waals surface area contributed by atoms with Gasteiger partial charge in [0.25, 0.3) is 0 Å². The Morgan fingerprint density at radius 2 is 1.78 bits per heavy atom. The molecule has 0 saturated heterocycles. The highest BCUT2D eigenvalue weighted by Gasteiger charge is 2.19. The average Bonchev–Trinajstić information content (AvgIpc) is 2.56. The van der Waals surface area contributed by atoms with Crippen LogP contribution in [-0.4, -0.2) is 10.1 Å². The second kappa shape index (κ2) is 4.79. The van der Waals surface area contributed by atoms with Gasteiger partial charge < -0.3 is 10.1 Å². The molecule has 0 aliphatic rings. The highest BCUT2D eigenvalue weighted by atomic mass is 35.5. The third kappa shape index (κ3) is 2.18. The number of aliphatic hydroxyl groups excluding tert-OH is 1. The zero-order valence-electron chi connectivity index (χ0n) is 11.1. The van der Waals surface area contributed by atoms with Crippen molar-refractivity contribution in [3.05, 3.63) is 56.9 Å². The molecule has 96 valence electrons. The molecule has 0 bridgehead atoms. The van der Waals surface area contributed by atoms with Crippen molar-refractivity contribution in [2.45, 2.75) is 33.8 Å². The summed E-state index contributed by atoms with van der Waals surface area (Å²) >= 11 is 5.94. The van der Waals surface area contributed by atoms with Gasteiger partial charge in [0.2, 0.25) is 0 Å². The van der Waals surface area contributed by atoms with Crippen LogP contribution in [0.4, 0.5) is 0 Å². The molecule has 1 aromatic heterocycles. The van der Waals surface area contributed by atoms with Crippen molar-refractivity contribution in [2.75, 3.05) is 0 Å². The van der Waals surface area contributed by atoms with Crippen LogP contribution in [0.1, 0.15) is 39.7 Å². The van der Waals surface area contributed by atoms with Gasteiger partial charge in [0.05, 0.1) is 5.69 Å².